The van der Waals surface area contributed by atoms with Crippen LogP contribution in [0.1, 0.15) is 27.1 Å². The topological polar surface area (TPSA) is 0 Å². The Morgan fingerprint density at radius 1 is 1.05 bits per heavy atom. The molecule has 0 aliphatic rings. The molecule has 0 heterocycles. The predicted octanol–water partition coefficient (Wildman–Crippen LogP) is 5.69. The normalized spacial score (nSPS) is 13.2. The molecule has 0 aromatic heterocycles. The fourth-order valence-electron chi connectivity index (χ4n) is 2.02. The van der Waals surface area contributed by atoms with Gasteiger partial charge in [0.1, 0.15) is 0 Å². The summed E-state index contributed by atoms with van der Waals surface area (Å²) in [4.78, 5) is 0.0964. The molecule has 20 heavy (non-hydrogen) atoms. The highest BCUT2D eigenvalue weighted by Gasteiger charge is 2.29. The van der Waals surface area contributed by atoms with Crippen molar-refractivity contribution < 1.29 is 13.2 Å². The first-order valence-electron chi connectivity index (χ1n) is 6.23. The van der Waals surface area contributed by atoms with Crippen molar-refractivity contribution in [2.45, 2.75) is 24.3 Å². The summed E-state index contributed by atoms with van der Waals surface area (Å²) in [6.07, 6.45) is -3.62. The maximum absolute atomic E-state index is 12.5. The van der Waals surface area contributed by atoms with Gasteiger partial charge in [0.25, 0.3) is 0 Å². The maximum Gasteiger partial charge on any atom is 0.416 e. The van der Waals surface area contributed by atoms with Gasteiger partial charge in [0.05, 0.1) is 5.56 Å². The van der Waals surface area contributed by atoms with Crippen molar-refractivity contribution in [1.82, 2.24) is 0 Å². The minimum Gasteiger partial charge on any atom is -0.166 e. The van der Waals surface area contributed by atoms with Gasteiger partial charge in [-0.1, -0.05) is 57.9 Å². The summed E-state index contributed by atoms with van der Waals surface area (Å²) < 4.78 is 37.4. The second-order valence-electron chi connectivity index (χ2n) is 4.78. The number of alkyl halides is 4. The Labute approximate surface area is 124 Å². The minimum absolute atomic E-state index is 0.0964. The average molecular weight is 343 g/mol. The van der Waals surface area contributed by atoms with E-state index in [0.717, 1.165) is 23.3 Å². The highest BCUT2D eigenvalue weighted by atomic mass is 79.9. The smallest absolute Gasteiger partial charge is 0.166 e. The SMILES string of the molecule is Cc1cccc(C(Br)Cc2ccc(C(F)(F)F)cc2)c1. The van der Waals surface area contributed by atoms with Crippen molar-refractivity contribution in [3.05, 3.63) is 70.8 Å². The zero-order valence-corrected chi connectivity index (χ0v) is 12.5. The molecule has 0 aliphatic heterocycles. The second-order valence-corrected chi connectivity index (χ2v) is 5.89. The summed E-state index contributed by atoms with van der Waals surface area (Å²) in [6, 6.07) is 13.4. The lowest BCUT2D eigenvalue weighted by molar-refractivity contribution is -0.137. The van der Waals surface area contributed by atoms with E-state index in [1.807, 2.05) is 25.1 Å². The number of aryl methyl sites for hydroxylation is 1. The van der Waals surface area contributed by atoms with E-state index in [9.17, 15) is 13.2 Å². The largest absolute Gasteiger partial charge is 0.416 e. The van der Waals surface area contributed by atoms with E-state index < -0.39 is 11.7 Å². The van der Waals surface area contributed by atoms with Crippen LogP contribution >= 0.6 is 15.9 Å². The molecule has 0 spiro atoms. The van der Waals surface area contributed by atoms with Gasteiger partial charge in [0.2, 0.25) is 0 Å². The molecule has 0 nitrogen and oxygen atoms in total. The summed E-state index contributed by atoms with van der Waals surface area (Å²) in [5.74, 6) is 0. The first-order valence-corrected chi connectivity index (χ1v) is 7.14. The van der Waals surface area contributed by atoms with Gasteiger partial charge >= 0.3 is 6.18 Å². The van der Waals surface area contributed by atoms with Crippen LogP contribution in [0, 0.1) is 6.92 Å². The molecule has 0 aliphatic carbocycles. The standard InChI is InChI=1S/C16H14BrF3/c1-11-3-2-4-13(9-11)15(17)10-12-5-7-14(8-6-12)16(18,19)20/h2-9,15H,10H2,1H3. The van der Waals surface area contributed by atoms with Crippen molar-refractivity contribution in [3.63, 3.8) is 0 Å². The third-order valence-corrected chi connectivity index (χ3v) is 3.95. The van der Waals surface area contributed by atoms with Gasteiger partial charge in [-0.2, -0.15) is 13.2 Å². The van der Waals surface area contributed by atoms with Crippen LogP contribution in [0.3, 0.4) is 0 Å². The van der Waals surface area contributed by atoms with Crippen LogP contribution in [-0.4, -0.2) is 0 Å². The van der Waals surface area contributed by atoms with E-state index in [1.165, 1.54) is 17.7 Å². The Kier molecular flexibility index (Phi) is 4.53. The highest BCUT2D eigenvalue weighted by Crippen LogP contribution is 2.31. The third-order valence-electron chi connectivity index (χ3n) is 3.10. The monoisotopic (exact) mass is 342 g/mol. The van der Waals surface area contributed by atoms with Gasteiger partial charge in [0, 0.05) is 4.83 Å². The fourth-order valence-corrected chi connectivity index (χ4v) is 2.68. The van der Waals surface area contributed by atoms with Crippen LogP contribution < -0.4 is 0 Å². The summed E-state index contributed by atoms with van der Waals surface area (Å²) in [7, 11) is 0. The van der Waals surface area contributed by atoms with Crippen molar-refractivity contribution >= 4 is 15.9 Å². The second kappa shape index (κ2) is 6.00. The molecule has 106 valence electrons. The van der Waals surface area contributed by atoms with Crippen molar-refractivity contribution in [2.75, 3.05) is 0 Å². The summed E-state index contributed by atoms with van der Waals surface area (Å²) in [5.41, 5.74) is 2.56. The number of hydrogen-bond donors (Lipinski definition) is 0. The Hall–Kier alpha value is -1.29. The van der Waals surface area contributed by atoms with Crippen LogP contribution in [0.25, 0.3) is 0 Å². The molecule has 1 atom stereocenters. The summed E-state index contributed by atoms with van der Waals surface area (Å²) >= 11 is 3.59. The van der Waals surface area contributed by atoms with E-state index in [4.69, 9.17) is 0 Å². The van der Waals surface area contributed by atoms with Crippen LogP contribution in [0.5, 0.6) is 0 Å². The number of rotatable bonds is 3. The summed E-state index contributed by atoms with van der Waals surface area (Å²) in [6.45, 7) is 2.02. The molecular weight excluding hydrogens is 329 g/mol. The first kappa shape index (κ1) is 15.1. The van der Waals surface area contributed by atoms with Crippen LogP contribution in [0.2, 0.25) is 0 Å². The third kappa shape index (κ3) is 3.85. The molecular formula is C16H14BrF3. The lowest BCUT2D eigenvalue weighted by Crippen LogP contribution is -2.05. The van der Waals surface area contributed by atoms with Gasteiger partial charge < -0.3 is 0 Å². The van der Waals surface area contributed by atoms with Crippen molar-refractivity contribution in [2.24, 2.45) is 0 Å². The molecule has 0 saturated heterocycles. The van der Waals surface area contributed by atoms with Crippen LogP contribution in [0.15, 0.2) is 48.5 Å². The molecule has 1 unspecified atom stereocenters. The number of halogens is 4. The zero-order valence-electron chi connectivity index (χ0n) is 10.9. The van der Waals surface area contributed by atoms with Crippen LogP contribution in [-0.2, 0) is 12.6 Å². The molecule has 0 fully saturated rings. The molecule has 0 radical (unpaired) electrons. The van der Waals surface area contributed by atoms with Gasteiger partial charge in [-0.3, -0.25) is 0 Å². The molecule has 2 rings (SSSR count). The quantitative estimate of drug-likeness (QED) is 0.628. The van der Waals surface area contributed by atoms with E-state index in [2.05, 4.69) is 22.0 Å². The van der Waals surface area contributed by atoms with Gasteiger partial charge in [-0.05, 0) is 36.6 Å². The minimum atomic E-state index is -4.27. The predicted molar refractivity (Wildman–Crippen MR) is 78.0 cm³/mol. The molecule has 0 bridgehead atoms. The Bertz CT molecular complexity index is 573. The average Bonchev–Trinajstić information content (AvgIpc) is 2.38. The first-order chi connectivity index (χ1) is 9.36. The van der Waals surface area contributed by atoms with E-state index in [1.54, 1.807) is 0 Å². The van der Waals surface area contributed by atoms with Crippen molar-refractivity contribution in [1.29, 1.82) is 0 Å². The summed E-state index contributed by atoms with van der Waals surface area (Å²) in [5, 5.41) is 0. The van der Waals surface area contributed by atoms with Gasteiger partial charge in [-0.15, -0.1) is 0 Å². The Balaban J connectivity index is 2.10. The molecule has 0 saturated carbocycles. The molecule has 2 aromatic carbocycles. The highest BCUT2D eigenvalue weighted by molar-refractivity contribution is 9.09. The van der Waals surface area contributed by atoms with Crippen LogP contribution in [0.4, 0.5) is 13.2 Å². The Morgan fingerprint density at radius 3 is 2.25 bits per heavy atom. The van der Waals surface area contributed by atoms with Gasteiger partial charge in [0.15, 0.2) is 0 Å². The van der Waals surface area contributed by atoms with Gasteiger partial charge in [-0.25, -0.2) is 0 Å². The Morgan fingerprint density at radius 2 is 1.70 bits per heavy atom. The van der Waals surface area contributed by atoms with E-state index >= 15 is 0 Å². The maximum atomic E-state index is 12.5. The number of hydrogen-bond acceptors (Lipinski definition) is 0. The zero-order chi connectivity index (χ0) is 14.8. The molecule has 0 N–H and O–H groups in total. The van der Waals surface area contributed by atoms with E-state index in [0.29, 0.717) is 6.42 Å². The lowest BCUT2D eigenvalue weighted by Gasteiger charge is -2.12. The fraction of sp³-hybridized carbons (Fsp3) is 0.250. The molecule has 0 amide bonds. The molecule has 2 aromatic rings. The van der Waals surface area contributed by atoms with Crippen molar-refractivity contribution in [3.8, 4) is 0 Å². The van der Waals surface area contributed by atoms with E-state index in [-0.39, 0.29) is 4.83 Å². The molecule has 4 heteroatoms. The number of benzene rings is 2. The lowest BCUT2D eigenvalue weighted by atomic mass is 10.0.